The topological polar surface area (TPSA) is 51.0 Å². The molecule has 0 unspecified atom stereocenters. The minimum Gasteiger partial charge on any atom is -0.337 e. The number of benzene rings is 2. The second kappa shape index (κ2) is 6.44. The van der Waals surface area contributed by atoms with Gasteiger partial charge in [-0.25, -0.2) is 9.67 Å². The molecule has 3 aromatic rings. The van der Waals surface area contributed by atoms with E-state index in [1.165, 1.54) is 11.9 Å². The average Bonchev–Trinajstić information content (AvgIpc) is 3.11. The number of amides is 1. The van der Waals surface area contributed by atoms with Crippen molar-refractivity contribution in [2.24, 2.45) is 0 Å². The molecule has 116 valence electrons. The van der Waals surface area contributed by atoms with Gasteiger partial charge >= 0.3 is 0 Å². The highest BCUT2D eigenvalue weighted by molar-refractivity contribution is 5.94. The number of nitrogens with zero attached hydrogens (tertiary/aromatic N) is 4. The van der Waals surface area contributed by atoms with E-state index in [0.29, 0.717) is 12.1 Å². The summed E-state index contributed by atoms with van der Waals surface area (Å²) in [6.07, 6.45) is 3.11. The molecule has 0 spiro atoms. The van der Waals surface area contributed by atoms with Gasteiger partial charge in [-0.05, 0) is 42.3 Å². The summed E-state index contributed by atoms with van der Waals surface area (Å²) in [5.41, 5.74) is 3.88. The molecule has 0 radical (unpaired) electrons. The van der Waals surface area contributed by atoms with E-state index < -0.39 is 0 Å². The second-order valence-corrected chi connectivity index (χ2v) is 5.47. The van der Waals surface area contributed by atoms with E-state index in [0.717, 1.165) is 11.3 Å². The Labute approximate surface area is 135 Å². The van der Waals surface area contributed by atoms with Gasteiger partial charge in [0, 0.05) is 19.2 Å². The van der Waals surface area contributed by atoms with Crippen LogP contribution >= 0.6 is 0 Å². The molecule has 0 saturated heterocycles. The summed E-state index contributed by atoms with van der Waals surface area (Å²) in [6.45, 7) is 2.65. The molecule has 0 fully saturated rings. The first-order chi connectivity index (χ1) is 11.1. The monoisotopic (exact) mass is 306 g/mol. The molecule has 0 aliphatic rings. The van der Waals surface area contributed by atoms with Gasteiger partial charge in [-0.3, -0.25) is 4.79 Å². The molecule has 0 atom stereocenters. The van der Waals surface area contributed by atoms with Gasteiger partial charge in [0.05, 0.1) is 5.69 Å². The van der Waals surface area contributed by atoms with Crippen LogP contribution in [0.4, 0.5) is 0 Å². The van der Waals surface area contributed by atoms with E-state index in [4.69, 9.17) is 0 Å². The number of hydrogen-bond acceptors (Lipinski definition) is 3. The Morgan fingerprint density at radius 2 is 1.87 bits per heavy atom. The molecular formula is C18H18N4O. The van der Waals surface area contributed by atoms with Gasteiger partial charge in [-0.2, -0.15) is 5.10 Å². The molecule has 5 nitrogen and oxygen atoms in total. The SMILES string of the molecule is Cc1ccccc1CN(C)C(=O)c1ccc(-n2cncn2)cc1. The van der Waals surface area contributed by atoms with Crippen molar-refractivity contribution in [3.63, 3.8) is 0 Å². The predicted molar refractivity (Wildman–Crippen MR) is 88.3 cm³/mol. The third-order valence-electron chi connectivity index (χ3n) is 3.81. The lowest BCUT2D eigenvalue weighted by molar-refractivity contribution is 0.0785. The fourth-order valence-corrected chi connectivity index (χ4v) is 2.43. The van der Waals surface area contributed by atoms with Crippen LogP contribution in [0.2, 0.25) is 0 Å². The van der Waals surface area contributed by atoms with Crippen molar-refractivity contribution in [1.82, 2.24) is 19.7 Å². The maximum absolute atomic E-state index is 12.5. The van der Waals surface area contributed by atoms with E-state index in [1.807, 2.05) is 49.5 Å². The molecular weight excluding hydrogens is 288 g/mol. The van der Waals surface area contributed by atoms with Crippen LogP contribution < -0.4 is 0 Å². The third kappa shape index (κ3) is 3.29. The minimum absolute atomic E-state index is 0.00149. The predicted octanol–water partition coefficient (Wildman–Crippen LogP) is 2.85. The first-order valence-corrected chi connectivity index (χ1v) is 7.40. The Bertz CT molecular complexity index is 794. The number of carbonyl (C=O) groups excluding carboxylic acids is 1. The molecule has 5 heteroatoms. The van der Waals surface area contributed by atoms with Crippen molar-refractivity contribution in [3.8, 4) is 5.69 Å². The summed E-state index contributed by atoms with van der Waals surface area (Å²) in [4.78, 5) is 18.2. The van der Waals surface area contributed by atoms with Crippen molar-refractivity contribution in [2.45, 2.75) is 13.5 Å². The van der Waals surface area contributed by atoms with Crippen LogP contribution in [0.3, 0.4) is 0 Å². The van der Waals surface area contributed by atoms with Crippen LogP contribution in [0.25, 0.3) is 5.69 Å². The summed E-state index contributed by atoms with van der Waals surface area (Å²) in [7, 11) is 1.82. The zero-order chi connectivity index (χ0) is 16.2. The van der Waals surface area contributed by atoms with Gasteiger partial charge < -0.3 is 4.90 Å². The Balaban J connectivity index is 1.73. The molecule has 1 heterocycles. The zero-order valence-corrected chi connectivity index (χ0v) is 13.2. The fourth-order valence-electron chi connectivity index (χ4n) is 2.43. The minimum atomic E-state index is -0.00149. The normalized spacial score (nSPS) is 10.5. The van der Waals surface area contributed by atoms with E-state index in [2.05, 4.69) is 23.1 Å². The van der Waals surface area contributed by atoms with E-state index >= 15 is 0 Å². The fraction of sp³-hybridized carbons (Fsp3) is 0.167. The summed E-state index contributed by atoms with van der Waals surface area (Å²) in [6, 6.07) is 15.5. The summed E-state index contributed by atoms with van der Waals surface area (Å²) < 4.78 is 1.66. The number of aryl methyl sites for hydroxylation is 1. The highest BCUT2D eigenvalue weighted by atomic mass is 16.2. The molecule has 1 amide bonds. The summed E-state index contributed by atoms with van der Waals surface area (Å²) in [5.74, 6) is -0.00149. The molecule has 0 N–H and O–H groups in total. The molecule has 0 saturated carbocycles. The van der Waals surface area contributed by atoms with E-state index in [1.54, 1.807) is 15.9 Å². The molecule has 0 aliphatic heterocycles. The maximum atomic E-state index is 12.5. The number of carbonyl (C=O) groups is 1. The number of aromatic nitrogens is 3. The van der Waals surface area contributed by atoms with Crippen molar-refractivity contribution in [1.29, 1.82) is 0 Å². The van der Waals surface area contributed by atoms with Crippen molar-refractivity contribution >= 4 is 5.91 Å². The Morgan fingerprint density at radius 3 is 2.52 bits per heavy atom. The molecule has 3 rings (SSSR count). The second-order valence-electron chi connectivity index (χ2n) is 5.47. The van der Waals surface area contributed by atoms with Crippen LogP contribution in [-0.4, -0.2) is 32.6 Å². The van der Waals surface area contributed by atoms with Crippen LogP contribution in [0.15, 0.2) is 61.2 Å². The largest absolute Gasteiger partial charge is 0.337 e. The highest BCUT2D eigenvalue weighted by Gasteiger charge is 2.13. The standard InChI is InChI=1S/C18H18N4O/c1-14-5-3-4-6-16(14)11-21(2)18(23)15-7-9-17(10-8-15)22-13-19-12-20-22/h3-10,12-13H,11H2,1-2H3. The van der Waals surface area contributed by atoms with Crippen LogP contribution in [0.5, 0.6) is 0 Å². The number of hydrogen-bond donors (Lipinski definition) is 0. The van der Waals surface area contributed by atoms with Gasteiger partial charge in [0.25, 0.3) is 5.91 Å². The average molecular weight is 306 g/mol. The first-order valence-electron chi connectivity index (χ1n) is 7.40. The van der Waals surface area contributed by atoms with Crippen LogP contribution in [0, 0.1) is 6.92 Å². The number of rotatable bonds is 4. The summed E-state index contributed by atoms with van der Waals surface area (Å²) >= 11 is 0. The molecule has 1 aromatic heterocycles. The van der Waals surface area contributed by atoms with Gasteiger partial charge in [0.1, 0.15) is 12.7 Å². The van der Waals surface area contributed by atoms with Gasteiger partial charge in [-0.15, -0.1) is 0 Å². The van der Waals surface area contributed by atoms with Crippen LogP contribution in [-0.2, 0) is 6.54 Å². The molecule has 0 aliphatic carbocycles. The Morgan fingerprint density at radius 1 is 1.13 bits per heavy atom. The lowest BCUT2D eigenvalue weighted by Crippen LogP contribution is -2.26. The summed E-state index contributed by atoms with van der Waals surface area (Å²) in [5, 5.41) is 4.07. The van der Waals surface area contributed by atoms with Gasteiger partial charge in [0.2, 0.25) is 0 Å². The molecule has 23 heavy (non-hydrogen) atoms. The first kappa shape index (κ1) is 15.0. The van der Waals surface area contributed by atoms with Gasteiger partial charge in [-0.1, -0.05) is 24.3 Å². The molecule has 2 aromatic carbocycles. The van der Waals surface area contributed by atoms with E-state index in [-0.39, 0.29) is 5.91 Å². The van der Waals surface area contributed by atoms with E-state index in [9.17, 15) is 4.79 Å². The van der Waals surface area contributed by atoms with Crippen molar-refractivity contribution in [2.75, 3.05) is 7.05 Å². The Kier molecular flexibility index (Phi) is 4.19. The molecule has 0 bridgehead atoms. The van der Waals surface area contributed by atoms with Crippen molar-refractivity contribution < 1.29 is 4.79 Å². The van der Waals surface area contributed by atoms with Gasteiger partial charge in [0.15, 0.2) is 0 Å². The maximum Gasteiger partial charge on any atom is 0.253 e. The smallest absolute Gasteiger partial charge is 0.253 e. The quantitative estimate of drug-likeness (QED) is 0.745. The third-order valence-corrected chi connectivity index (χ3v) is 3.81. The van der Waals surface area contributed by atoms with Crippen LogP contribution in [0.1, 0.15) is 21.5 Å². The lowest BCUT2D eigenvalue weighted by atomic mass is 10.1. The Hall–Kier alpha value is -2.95. The van der Waals surface area contributed by atoms with Crippen molar-refractivity contribution in [3.05, 3.63) is 77.9 Å². The highest BCUT2D eigenvalue weighted by Crippen LogP contribution is 2.13. The lowest BCUT2D eigenvalue weighted by Gasteiger charge is -2.18. The zero-order valence-electron chi connectivity index (χ0n) is 13.2.